The Morgan fingerprint density at radius 3 is 2.69 bits per heavy atom. The Morgan fingerprint density at radius 1 is 1.19 bits per heavy atom. The van der Waals surface area contributed by atoms with Crippen LogP contribution in [0.25, 0.3) is 22.3 Å². The number of aromatic nitrogens is 4. The number of aromatic amines is 1. The van der Waals surface area contributed by atoms with Gasteiger partial charge in [0.15, 0.2) is 5.82 Å². The Bertz CT molecular complexity index is 1310. The summed E-state index contributed by atoms with van der Waals surface area (Å²) < 4.78 is 5.26. The van der Waals surface area contributed by atoms with Crippen LogP contribution >= 0.6 is 0 Å². The molecule has 0 spiro atoms. The van der Waals surface area contributed by atoms with Gasteiger partial charge < -0.3 is 30.8 Å². The van der Waals surface area contributed by atoms with Gasteiger partial charge in [0, 0.05) is 23.2 Å². The number of anilines is 1. The van der Waals surface area contributed by atoms with Gasteiger partial charge in [-0.2, -0.15) is 15.0 Å². The second kappa shape index (κ2) is 8.65. The Balaban J connectivity index is 1.72. The molecule has 0 aliphatic rings. The SMILES string of the molecule is COc1nc(NCc2cccc(B(O)O)c2)nc(-c2c(C)[nH]c3c(C(N)=O)cccc23)n1. The van der Waals surface area contributed by atoms with Crippen LogP contribution in [0.1, 0.15) is 21.6 Å². The summed E-state index contributed by atoms with van der Waals surface area (Å²) in [5.74, 6) is 0.111. The van der Waals surface area contributed by atoms with Crippen molar-refractivity contribution >= 4 is 35.3 Å². The zero-order valence-electron chi connectivity index (χ0n) is 17.5. The summed E-state index contributed by atoms with van der Waals surface area (Å²) in [6.07, 6.45) is 0. The van der Waals surface area contributed by atoms with Crippen molar-refractivity contribution in [2.75, 3.05) is 12.4 Å². The molecule has 0 fully saturated rings. The van der Waals surface area contributed by atoms with Crippen molar-refractivity contribution in [2.45, 2.75) is 13.5 Å². The van der Waals surface area contributed by atoms with Crippen LogP contribution in [0.3, 0.4) is 0 Å². The summed E-state index contributed by atoms with van der Waals surface area (Å²) in [5.41, 5.74) is 9.16. The molecule has 0 bridgehead atoms. The smallest absolute Gasteiger partial charge is 0.467 e. The number of nitrogens with two attached hydrogens (primary N) is 1. The van der Waals surface area contributed by atoms with Gasteiger partial charge in [-0.05, 0) is 24.0 Å². The molecule has 162 valence electrons. The molecule has 4 rings (SSSR count). The molecule has 10 nitrogen and oxygen atoms in total. The molecule has 0 radical (unpaired) electrons. The lowest BCUT2D eigenvalue weighted by atomic mass is 9.80. The van der Waals surface area contributed by atoms with Crippen LogP contribution in [0.4, 0.5) is 5.95 Å². The predicted octanol–water partition coefficient (Wildman–Crippen LogP) is 0.728. The van der Waals surface area contributed by atoms with Gasteiger partial charge in [0.25, 0.3) is 5.91 Å². The normalized spacial score (nSPS) is 10.9. The number of primary amides is 1. The fraction of sp³-hybridized carbons (Fsp3) is 0.143. The van der Waals surface area contributed by atoms with Gasteiger partial charge in [0.05, 0.1) is 18.2 Å². The minimum absolute atomic E-state index is 0.122. The van der Waals surface area contributed by atoms with E-state index in [0.717, 1.165) is 16.6 Å². The highest BCUT2D eigenvalue weighted by atomic mass is 16.5. The molecule has 0 aliphatic carbocycles. The number of rotatable bonds is 7. The van der Waals surface area contributed by atoms with E-state index >= 15 is 0 Å². The molecule has 2 aromatic heterocycles. The van der Waals surface area contributed by atoms with E-state index in [1.807, 2.05) is 19.1 Å². The number of hydrogen-bond donors (Lipinski definition) is 5. The second-order valence-corrected chi connectivity index (χ2v) is 7.16. The predicted molar refractivity (Wildman–Crippen MR) is 121 cm³/mol. The molecule has 0 aliphatic heterocycles. The number of para-hydroxylation sites is 1. The summed E-state index contributed by atoms with van der Waals surface area (Å²) in [5, 5.41) is 22.6. The van der Waals surface area contributed by atoms with Crippen LogP contribution in [-0.2, 0) is 6.54 Å². The van der Waals surface area contributed by atoms with Crippen molar-refractivity contribution in [1.29, 1.82) is 0 Å². The van der Waals surface area contributed by atoms with E-state index in [1.165, 1.54) is 7.11 Å². The molecular weight excluding hydrogens is 411 g/mol. The van der Waals surface area contributed by atoms with E-state index in [0.29, 0.717) is 34.5 Å². The maximum Gasteiger partial charge on any atom is 0.488 e. The molecule has 0 atom stereocenters. The number of amides is 1. The molecule has 6 N–H and O–H groups in total. The van der Waals surface area contributed by atoms with Gasteiger partial charge in [-0.15, -0.1) is 0 Å². The molecule has 4 aromatic rings. The third-order valence-corrected chi connectivity index (χ3v) is 5.01. The zero-order valence-corrected chi connectivity index (χ0v) is 17.5. The first kappa shape index (κ1) is 21.3. The number of carbonyl (C=O) groups is 1. The molecular formula is C21H21BN6O4. The molecule has 0 unspecified atom stereocenters. The average molecular weight is 432 g/mol. The number of nitrogens with zero attached hydrogens (tertiary/aromatic N) is 3. The molecule has 2 aromatic carbocycles. The number of aryl methyl sites for hydroxylation is 1. The highest BCUT2D eigenvalue weighted by molar-refractivity contribution is 6.58. The first-order chi connectivity index (χ1) is 15.4. The summed E-state index contributed by atoms with van der Waals surface area (Å²) in [4.78, 5) is 28.2. The molecule has 0 saturated heterocycles. The lowest BCUT2D eigenvalue weighted by Gasteiger charge is -2.10. The Kier molecular flexibility index (Phi) is 5.76. The van der Waals surface area contributed by atoms with E-state index in [-0.39, 0.29) is 12.0 Å². The minimum Gasteiger partial charge on any atom is -0.467 e. The summed E-state index contributed by atoms with van der Waals surface area (Å²) in [6.45, 7) is 2.20. The van der Waals surface area contributed by atoms with Gasteiger partial charge in [0.2, 0.25) is 5.95 Å². The summed E-state index contributed by atoms with van der Waals surface area (Å²) >= 11 is 0. The van der Waals surface area contributed by atoms with Gasteiger partial charge in [0.1, 0.15) is 0 Å². The van der Waals surface area contributed by atoms with Gasteiger partial charge in [-0.3, -0.25) is 4.79 Å². The van der Waals surface area contributed by atoms with Crippen molar-refractivity contribution in [1.82, 2.24) is 19.9 Å². The van der Waals surface area contributed by atoms with Crippen LogP contribution in [-0.4, -0.2) is 50.1 Å². The first-order valence-corrected chi connectivity index (χ1v) is 9.77. The van der Waals surface area contributed by atoms with E-state index in [2.05, 4.69) is 25.3 Å². The largest absolute Gasteiger partial charge is 0.488 e. The van der Waals surface area contributed by atoms with E-state index in [9.17, 15) is 14.8 Å². The van der Waals surface area contributed by atoms with Crippen LogP contribution in [0.5, 0.6) is 6.01 Å². The second-order valence-electron chi connectivity index (χ2n) is 7.16. The average Bonchev–Trinajstić information content (AvgIpc) is 3.13. The number of carbonyl (C=O) groups excluding carboxylic acids is 1. The highest BCUT2D eigenvalue weighted by Gasteiger charge is 2.19. The zero-order chi connectivity index (χ0) is 22.8. The van der Waals surface area contributed by atoms with Crippen molar-refractivity contribution in [2.24, 2.45) is 5.73 Å². The minimum atomic E-state index is -1.55. The lowest BCUT2D eigenvalue weighted by molar-refractivity contribution is 0.100. The topological polar surface area (TPSA) is 159 Å². The monoisotopic (exact) mass is 432 g/mol. The molecule has 2 heterocycles. The number of ether oxygens (including phenoxy) is 1. The Hall–Kier alpha value is -3.96. The molecule has 32 heavy (non-hydrogen) atoms. The van der Waals surface area contributed by atoms with Crippen molar-refractivity contribution in [3.8, 4) is 17.4 Å². The maximum absolute atomic E-state index is 11.8. The number of nitrogens with one attached hydrogen (secondary N) is 2. The number of H-pyrrole nitrogens is 1. The lowest BCUT2D eigenvalue weighted by Crippen LogP contribution is -2.30. The van der Waals surface area contributed by atoms with E-state index < -0.39 is 13.0 Å². The molecule has 0 saturated carbocycles. The highest BCUT2D eigenvalue weighted by Crippen LogP contribution is 2.32. The third kappa shape index (κ3) is 4.11. The van der Waals surface area contributed by atoms with Gasteiger partial charge in [-0.1, -0.05) is 36.4 Å². The number of fused-ring (bicyclic) bond motifs is 1. The first-order valence-electron chi connectivity index (χ1n) is 9.77. The number of hydrogen-bond acceptors (Lipinski definition) is 8. The van der Waals surface area contributed by atoms with Gasteiger partial charge in [-0.25, -0.2) is 0 Å². The molecule has 1 amide bonds. The van der Waals surface area contributed by atoms with Crippen molar-refractivity contribution in [3.63, 3.8) is 0 Å². The standard InChI is InChI=1S/C21H21BN6O4/c1-11-16(14-7-4-8-15(18(23)29)17(14)25-11)19-26-20(28-21(27-19)32-2)24-10-12-5-3-6-13(9-12)22(30)31/h3-9,25,30-31H,10H2,1-2H3,(H2,23,29)(H,24,26,27,28). The summed E-state index contributed by atoms with van der Waals surface area (Å²) in [7, 11) is -0.0867. The Labute approximate surface area is 183 Å². The van der Waals surface area contributed by atoms with Gasteiger partial charge >= 0.3 is 13.1 Å². The quantitative estimate of drug-likeness (QED) is 0.267. The fourth-order valence-corrected chi connectivity index (χ4v) is 3.52. The Morgan fingerprint density at radius 2 is 1.97 bits per heavy atom. The number of methoxy groups -OCH3 is 1. The van der Waals surface area contributed by atoms with Crippen LogP contribution in [0.15, 0.2) is 42.5 Å². The number of benzene rings is 2. The van der Waals surface area contributed by atoms with Crippen LogP contribution in [0, 0.1) is 6.92 Å². The van der Waals surface area contributed by atoms with E-state index in [4.69, 9.17) is 10.5 Å². The van der Waals surface area contributed by atoms with E-state index in [1.54, 1.807) is 30.3 Å². The summed E-state index contributed by atoms with van der Waals surface area (Å²) in [6, 6.07) is 12.3. The van der Waals surface area contributed by atoms with Crippen molar-refractivity contribution in [3.05, 3.63) is 59.3 Å². The van der Waals surface area contributed by atoms with Crippen molar-refractivity contribution < 1.29 is 19.6 Å². The van der Waals surface area contributed by atoms with Crippen LogP contribution < -0.4 is 21.3 Å². The third-order valence-electron chi connectivity index (χ3n) is 5.01. The fourth-order valence-electron chi connectivity index (χ4n) is 3.52. The molecule has 11 heteroatoms. The van der Waals surface area contributed by atoms with Crippen LogP contribution in [0.2, 0.25) is 0 Å². The maximum atomic E-state index is 11.8.